The van der Waals surface area contributed by atoms with Crippen LogP contribution in [0.5, 0.6) is 6.01 Å². The van der Waals surface area contributed by atoms with Gasteiger partial charge >= 0.3 is 6.01 Å². The molecule has 3 N–H and O–H groups in total. The number of nitrogens with one attached hydrogen (secondary N) is 1. The van der Waals surface area contributed by atoms with Gasteiger partial charge in [-0.1, -0.05) is 0 Å². The maximum Gasteiger partial charge on any atom is 0.322 e. The quantitative estimate of drug-likeness (QED) is 0.765. The highest BCUT2D eigenvalue weighted by molar-refractivity contribution is 5.76. The van der Waals surface area contributed by atoms with Crippen molar-refractivity contribution in [3.63, 3.8) is 0 Å². The number of primary amides is 1. The molecule has 0 spiro atoms. The molecule has 1 aliphatic rings. The molecule has 0 atom stereocenters. The molecule has 1 amide bonds. The number of rotatable bonds is 4. The van der Waals surface area contributed by atoms with Crippen molar-refractivity contribution in [1.29, 1.82) is 0 Å². The number of ether oxygens (including phenoxy) is 1. The normalized spacial score (nSPS) is 16.2. The summed E-state index contributed by atoms with van der Waals surface area (Å²) in [6.45, 7) is 1.40. The number of carbonyl (C=O) groups excluding carboxylic acids is 1. The van der Waals surface area contributed by atoms with Crippen LogP contribution in [0.25, 0.3) is 0 Å². The van der Waals surface area contributed by atoms with Crippen LogP contribution in [-0.4, -0.2) is 48.1 Å². The fourth-order valence-electron chi connectivity index (χ4n) is 2.05. The van der Waals surface area contributed by atoms with E-state index >= 15 is 0 Å². The molecular formula is C11H18N6O2. The zero-order valence-corrected chi connectivity index (χ0v) is 11.1. The van der Waals surface area contributed by atoms with Gasteiger partial charge < -0.3 is 20.7 Å². The fourth-order valence-corrected chi connectivity index (χ4v) is 2.05. The van der Waals surface area contributed by atoms with Crippen LogP contribution in [0.3, 0.4) is 0 Å². The number of amides is 1. The average molecular weight is 266 g/mol. The number of anilines is 2. The van der Waals surface area contributed by atoms with Gasteiger partial charge in [-0.25, -0.2) is 0 Å². The Morgan fingerprint density at radius 2 is 2.05 bits per heavy atom. The predicted molar refractivity (Wildman–Crippen MR) is 70.1 cm³/mol. The van der Waals surface area contributed by atoms with E-state index in [0.29, 0.717) is 25.0 Å². The number of hydrogen-bond donors (Lipinski definition) is 2. The molecule has 0 aromatic carbocycles. The highest BCUT2D eigenvalue weighted by Gasteiger charge is 2.25. The Labute approximate surface area is 111 Å². The van der Waals surface area contributed by atoms with Crippen LogP contribution in [0.2, 0.25) is 0 Å². The summed E-state index contributed by atoms with van der Waals surface area (Å²) in [4.78, 5) is 25.7. The number of carbonyl (C=O) groups is 1. The van der Waals surface area contributed by atoms with Gasteiger partial charge in [-0.15, -0.1) is 0 Å². The summed E-state index contributed by atoms with van der Waals surface area (Å²) < 4.78 is 5.04. The van der Waals surface area contributed by atoms with Crippen molar-refractivity contribution in [1.82, 2.24) is 15.0 Å². The summed E-state index contributed by atoms with van der Waals surface area (Å²) in [7, 11) is 3.25. The van der Waals surface area contributed by atoms with Crippen molar-refractivity contribution < 1.29 is 9.53 Å². The van der Waals surface area contributed by atoms with Crippen LogP contribution in [0, 0.1) is 5.92 Å². The van der Waals surface area contributed by atoms with Gasteiger partial charge in [0.05, 0.1) is 7.11 Å². The van der Waals surface area contributed by atoms with Crippen LogP contribution in [0.1, 0.15) is 12.8 Å². The minimum Gasteiger partial charge on any atom is -0.467 e. The van der Waals surface area contributed by atoms with Gasteiger partial charge in [0.15, 0.2) is 0 Å². The van der Waals surface area contributed by atoms with E-state index in [2.05, 4.69) is 20.3 Å². The molecule has 2 rings (SSSR count). The third-order valence-electron chi connectivity index (χ3n) is 3.19. The van der Waals surface area contributed by atoms with Crippen molar-refractivity contribution >= 4 is 17.8 Å². The third-order valence-corrected chi connectivity index (χ3v) is 3.19. The lowest BCUT2D eigenvalue weighted by atomic mass is 9.96. The number of piperidine rings is 1. The maximum atomic E-state index is 11.1. The lowest BCUT2D eigenvalue weighted by Gasteiger charge is -2.30. The zero-order valence-electron chi connectivity index (χ0n) is 11.1. The van der Waals surface area contributed by atoms with Crippen LogP contribution in [0.4, 0.5) is 11.9 Å². The summed E-state index contributed by atoms with van der Waals surface area (Å²) in [6, 6.07) is 0.270. The Hall–Kier alpha value is -2.12. The standard InChI is InChI=1S/C11H18N6O2/c1-13-9-14-10(16-11(15-9)19-2)17-5-3-7(4-6-17)8(12)18/h7H,3-6H2,1-2H3,(H2,12,18)(H,13,14,15,16). The van der Waals surface area contributed by atoms with Crippen molar-refractivity contribution in [3.8, 4) is 6.01 Å². The Kier molecular flexibility index (Phi) is 3.98. The largest absolute Gasteiger partial charge is 0.467 e. The van der Waals surface area contributed by atoms with E-state index in [4.69, 9.17) is 10.5 Å². The van der Waals surface area contributed by atoms with E-state index in [9.17, 15) is 4.79 Å². The fraction of sp³-hybridized carbons (Fsp3) is 0.636. The van der Waals surface area contributed by atoms with Crippen LogP contribution in [-0.2, 0) is 4.79 Å². The van der Waals surface area contributed by atoms with Gasteiger partial charge in [0.1, 0.15) is 0 Å². The highest BCUT2D eigenvalue weighted by atomic mass is 16.5. The first-order valence-electron chi connectivity index (χ1n) is 6.16. The van der Waals surface area contributed by atoms with Crippen LogP contribution in [0.15, 0.2) is 0 Å². The summed E-state index contributed by atoms with van der Waals surface area (Å²) in [5.74, 6) is 0.727. The molecule has 1 saturated heterocycles. The summed E-state index contributed by atoms with van der Waals surface area (Å²) in [6.07, 6.45) is 1.44. The molecule has 8 nitrogen and oxygen atoms in total. The SMILES string of the molecule is CNc1nc(OC)nc(N2CCC(C(N)=O)CC2)n1. The molecule has 1 fully saturated rings. The molecule has 1 aliphatic heterocycles. The van der Waals surface area contributed by atoms with E-state index in [1.54, 1.807) is 7.05 Å². The molecule has 104 valence electrons. The molecule has 0 saturated carbocycles. The van der Waals surface area contributed by atoms with Crippen molar-refractivity contribution in [2.24, 2.45) is 11.7 Å². The first-order valence-corrected chi connectivity index (χ1v) is 6.16. The Morgan fingerprint density at radius 3 is 2.58 bits per heavy atom. The third kappa shape index (κ3) is 3.01. The molecule has 0 unspecified atom stereocenters. The van der Waals surface area contributed by atoms with Gasteiger partial charge in [-0.05, 0) is 12.8 Å². The monoisotopic (exact) mass is 266 g/mol. The molecule has 0 aliphatic carbocycles. The van der Waals surface area contributed by atoms with E-state index in [1.807, 2.05) is 4.90 Å². The minimum atomic E-state index is -0.233. The molecule has 0 bridgehead atoms. The van der Waals surface area contributed by atoms with Gasteiger partial charge in [0.2, 0.25) is 17.8 Å². The molecule has 19 heavy (non-hydrogen) atoms. The second-order valence-electron chi connectivity index (χ2n) is 4.36. The number of nitrogens with zero attached hydrogens (tertiary/aromatic N) is 4. The number of methoxy groups -OCH3 is 1. The lowest BCUT2D eigenvalue weighted by molar-refractivity contribution is -0.122. The smallest absolute Gasteiger partial charge is 0.322 e. The second-order valence-corrected chi connectivity index (χ2v) is 4.36. The summed E-state index contributed by atoms with van der Waals surface area (Å²) >= 11 is 0. The highest BCUT2D eigenvalue weighted by Crippen LogP contribution is 2.22. The first kappa shape index (κ1) is 13.3. The number of hydrogen-bond acceptors (Lipinski definition) is 7. The second kappa shape index (κ2) is 5.68. The Morgan fingerprint density at radius 1 is 1.37 bits per heavy atom. The van der Waals surface area contributed by atoms with E-state index < -0.39 is 0 Å². The van der Waals surface area contributed by atoms with E-state index in [0.717, 1.165) is 12.8 Å². The molecule has 2 heterocycles. The van der Waals surface area contributed by atoms with Crippen molar-refractivity contribution in [3.05, 3.63) is 0 Å². The van der Waals surface area contributed by atoms with Crippen molar-refractivity contribution in [2.75, 3.05) is 37.5 Å². The first-order chi connectivity index (χ1) is 9.13. The predicted octanol–water partition coefficient (Wildman–Crippen LogP) is -0.376. The van der Waals surface area contributed by atoms with Gasteiger partial charge in [0.25, 0.3) is 0 Å². The zero-order chi connectivity index (χ0) is 13.8. The minimum absolute atomic E-state index is 0.0521. The Bertz CT molecular complexity index is 436. The van der Waals surface area contributed by atoms with Gasteiger partial charge in [0, 0.05) is 26.1 Å². The average Bonchev–Trinajstić information content (AvgIpc) is 2.46. The Balaban J connectivity index is 2.12. The summed E-state index contributed by atoms with van der Waals surface area (Å²) in [5.41, 5.74) is 5.31. The molecular weight excluding hydrogens is 248 g/mol. The van der Waals surface area contributed by atoms with Gasteiger partial charge in [-0.2, -0.15) is 15.0 Å². The number of nitrogens with two attached hydrogens (primary N) is 1. The lowest BCUT2D eigenvalue weighted by Crippen LogP contribution is -2.39. The van der Waals surface area contributed by atoms with E-state index in [1.165, 1.54) is 7.11 Å². The number of aromatic nitrogens is 3. The molecule has 1 aromatic rings. The van der Waals surface area contributed by atoms with Crippen LogP contribution >= 0.6 is 0 Å². The summed E-state index contributed by atoms with van der Waals surface area (Å²) in [5, 5.41) is 2.87. The molecule has 0 radical (unpaired) electrons. The molecule has 8 heteroatoms. The van der Waals surface area contributed by atoms with Crippen LogP contribution < -0.4 is 20.7 Å². The van der Waals surface area contributed by atoms with E-state index in [-0.39, 0.29) is 17.8 Å². The topological polar surface area (TPSA) is 106 Å². The molecule has 1 aromatic heterocycles. The van der Waals surface area contributed by atoms with Gasteiger partial charge in [-0.3, -0.25) is 4.79 Å². The van der Waals surface area contributed by atoms with Crippen molar-refractivity contribution in [2.45, 2.75) is 12.8 Å². The maximum absolute atomic E-state index is 11.1.